The van der Waals surface area contributed by atoms with Gasteiger partial charge in [-0.15, -0.1) is 0 Å². The van der Waals surface area contributed by atoms with Gasteiger partial charge in [0.2, 0.25) is 0 Å². The monoisotopic (exact) mass is 310 g/mol. The number of methoxy groups -OCH3 is 1. The standard InChI is InChI=1S/C18H18N2O3/c1-13-5-3-4-6-16(13)18(22)20-19-17(21)12-9-14-7-10-15(23-2)11-8-14/h3-12H,1-2H3,(H,19,21)(H,20,22). The van der Waals surface area contributed by atoms with Crippen molar-refractivity contribution in [1.82, 2.24) is 10.9 Å². The summed E-state index contributed by atoms with van der Waals surface area (Å²) in [6, 6.07) is 14.4. The predicted molar refractivity (Wildman–Crippen MR) is 88.8 cm³/mol. The molecule has 0 saturated heterocycles. The van der Waals surface area contributed by atoms with Crippen LogP contribution in [0.4, 0.5) is 0 Å². The van der Waals surface area contributed by atoms with Crippen molar-refractivity contribution in [1.29, 1.82) is 0 Å². The molecule has 5 heteroatoms. The van der Waals surface area contributed by atoms with Crippen molar-refractivity contribution in [2.45, 2.75) is 6.92 Å². The van der Waals surface area contributed by atoms with Gasteiger partial charge >= 0.3 is 0 Å². The van der Waals surface area contributed by atoms with E-state index in [1.165, 1.54) is 6.08 Å². The fourth-order valence-corrected chi connectivity index (χ4v) is 1.94. The number of rotatable bonds is 4. The lowest BCUT2D eigenvalue weighted by molar-refractivity contribution is -0.117. The van der Waals surface area contributed by atoms with Gasteiger partial charge in [0, 0.05) is 11.6 Å². The van der Waals surface area contributed by atoms with Crippen LogP contribution in [-0.4, -0.2) is 18.9 Å². The largest absolute Gasteiger partial charge is 0.497 e. The molecule has 2 N–H and O–H groups in total. The number of carbonyl (C=O) groups excluding carboxylic acids is 2. The summed E-state index contributed by atoms with van der Waals surface area (Å²) in [4.78, 5) is 23.7. The van der Waals surface area contributed by atoms with Crippen molar-refractivity contribution in [3.8, 4) is 5.75 Å². The second-order valence-electron chi connectivity index (χ2n) is 4.86. The first-order chi connectivity index (χ1) is 11.1. The van der Waals surface area contributed by atoms with Gasteiger partial charge in [-0.25, -0.2) is 0 Å². The third kappa shape index (κ3) is 4.71. The molecule has 5 nitrogen and oxygen atoms in total. The Morgan fingerprint density at radius 1 is 1.00 bits per heavy atom. The Morgan fingerprint density at radius 2 is 1.70 bits per heavy atom. The zero-order valence-corrected chi connectivity index (χ0v) is 13.0. The predicted octanol–water partition coefficient (Wildman–Crippen LogP) is 2.48. The molecule has 0 bridgehead atoms. The van der Waals surface area contributed by atoms with Gasteiger partial charge in [0.25, 0.3) is 11.8 Å². The van der Waals surface area contributed by atoms with Gasteiger partial charge < -0.3 is 4.74 Å². The normalized spacial score (nSPS) is 10.3. The lowest BCUT2D eigenvalue weighted by Gasteiger charge is -2.07. The smallest absolute Gasteiger partial charge is 0.269 e. The van der Waals surface area contributed by atoms with Crippen LogP contribution >= 0.6 is 0 Å². The van der Waals surface area contributed by atoms with Crippen LogP contribution in [0.1, 0.15) is 21.5 Å². The van der Waals surface area contributed by atoms with Gasteiger partial charge in [0.05, 0.1) is 7.11 Å². The summed E-state index contributed by atoms with van der Waals surface area (Å²) >= 11 is 0. The number of nitrogens with one attached hydrogen (secondary N) is 2. The Bertz CT molecular complexity index is 721. The number of hydrazine groups is 1. The third-order valence-electron chi connectivity index (χ3n) is 3.23. The molecule has 0 fully saturated rings. The number of ether oxygens (including phenoxy) is 1. The Hall–Kier alpha value is -3.08. The number of carbonyl (C=O) groups is 2. The van der Waals surface area contributed by atoms with Gasteiger partial charge in [-0.3, -0.25) is 20.4 Å². The maximum Gasteiger partial charge on any atom is 0.269 e. The quantitative estimate of drug-likeness (QED) is 0.673. The summed E-state index contributed by atoms with van der Waals surface area (Å²) in [6.45, 7) is 1.83. The van der Waals surface area contributed by atoms with E-state index in [0.717, 1.165) is 16.9 Å². The van der Waals surface area contributed by atoms with E-state index in [1.807, 2.05) is 31.2 Å². The van der Waals surface area contributed by atoms with E-state index in [9.17, 15) is 9.59 Å². The van der Waals surface area contributed by atoms with E-state index in [4.69, 9.17) is 4.74 Å². The highest BCUT2D eigenvalue weighted by molar-refractivity contribution is 5.98. The Labute approximate surface area is 134 Å². The molecule has 118 valence electrons. The van der Waals surface area contributed by atoms with Crippen molar-refractivity contribution in [2.75, 3.05) is 7.11 Å². The van der Waals surface area contributed by atoms with Crippen LogP contribution in [0.2, 0.25) is 0 Å². The molecule has 2 aromatic carbocycles. The zero-order chi connectivity index (χ0) is 16.7. The van der Waals surface area contributed by atoms with Crippen LogP contribution in [0.5, 0.6) is 5.75 Å². The van der Waals surface area contributed by atoms with Crippen molar-refractivity contribution < 1.29 is 14.3 Å². The minimum Gasteiger partial charge on any atom is -0.497 e. The Balaban J connectivity index is 1.88. The molecule has 2 aromatic rings. The number of amides is 2. The van der Waals surface area contributed by atoms with Crippen molar-refractivity contribution in [2.24, 2.45) is 0 Å². The average Bonchev–Trinajstić information content (AvgIpc) is 2.58. The maximum atomic E-state index is 12.0. The SMILES string of the molecule is COc1ccc(C=CC(=O)NNC(=O)c2ccccc2C)cc1. The molecule has 23 heavy (non-hydrogen) atoms. The summed E-state index contributed by atoms with van der Waals surface area (Å²) in [6.07, 6.45) is 2.99. The lowest BCUT2D eigenvalue weighted by Crippen LogP contribution is -2.41. The number of hydrogen-bond donors (Lipinski definition) is 2. The lowest BCUT2D eigenvalue weighted by atomic mass is 10.1. The van der Waals surface area contributed by atoms with Gasteiger partial charge in [-0.2, -0.15) is 0 Å². The van der Waals surface area contributed by atoms with Crippen LogP contribution in [0.15, 0.2) is 54.6 Å². The number of benzene rings is 2. The molecule has 2 rings (SSSR count). The molecule has 0 spiro atoms. The van der Waals surface area contributed by atoms with Crippen LogP contribution in [0.25, 0.3) is 6.08 Å². The summed E-state index contributed by atoms with van der Waals surface area (Å²) < 4.78 is 5.06. The Morgan fingerprint density at radius 3 is 2.35 bits per heavy atom. The molecule has 0 unspecified atom stereocenters. The molecule has 0 aliphatic carbocycles. The molecule has 0 aliphatic heterocycles. The van der Waals surface area contributed by atoms with Gasteiger partial charge in [0.1, 0.15) is 5.75 Å². The minimum atomic E-state index is -0.414. The second kappa shape index (κ2) is 7.79. The maximum absolute atomic E-state index is 12.0. The number of hydrogen-bond acceptors (Lipinski definition) is 3. The fourth-order valence-electron chi connectivity index (χ4n) is 1.94. The third-order valence-corrected chi connectivity index (χ3v) is 3.23. The first kappa shape index (κ1) is 16.3. The van der Waals surface area contributed by atoms with Gasteiger partial charge in [-0.1, -0.05) is 30.3 Å². The van der Waals surface area contributed by atoms with E-state index in [2.05, 4.69) is 10.9 Å². The van der Waals surface area contributed by atoms with Crippen LogP contribution in [0.3, 0.4) is 0 Å². The molecule has 0 saturated carbocycles. The molecular weight excluding hydrogens is 292 g/mol. The van der Waals surface area contributed by atoms with E-state index in [-0.39, 0.29) is 5.91 Å². The average molecular weight is 310 g/mol. The summed E-state index contributed by atoms with van der Waals surface area (Å²) in [5.41, 5.74) is 6.95. The fraction of sp³-hybridized carbons (Fsp3) is 0.111. The van der Waals surface area contributed by atoms with E-state index < -0.39 is 5.91 Å². The summed E-state index contributed by atoms with van der Waals surface area (Å²) in [5, 5.41) is 0. The molecule has 2 amide bonds. The van der Waals surface area contributed by atoms with E-state index in [0.29, 0.717) is 5.56 Å². The second-order valence-corrected chi connectivity index (χ2v) is 4.86. The minimum absolute atomic E-state index is 0.353. The highest BCUT2D eigenvalue weighted by Crippen LogP contribution is 2.12. The van der Waals surface area contributed by atoms with Crippen LogP contribution in [0, 0.1) is 6.92 Å². The number of aryl methyl sites for hydroxylation is 1. The summed E-state index contributed by atoms with van der Waals surface area (Å²) in [5.74, 6) is -0.0193. The van der Waals surface area contributed by atoms with Crippen LogP contribution in [-0.2, 0) is 4.79 Å². The highest BCUT2D eigenvalue weighted by Gasteiger charge is 2.07. The molecule has 0 aliphatic rings. The van der Waals surface area contributed by atoms with Crippen molar-refractivity contribution in [3.05, 3.63) is 71.3 Å². The van der Waals surface area contributed by atoms with E-state index in [1.54, 1.807) is 37.5 Å². The van der Waals surface area contributed by atoms with E-state index >= 15 is 0 Å². The van der Waals surface area contributed by atoms with Crippen molar-refractivity contribution >= 4 is 17.9 Å². The molecule has 0 radical (unpaired) electrons. The topological polar surface area (TPSA) is 67.4 Å². The molecule has 0 aromatic heterocycles. The molecule has 0 atom stereocenters. The first-order valence-electron chi connectivity index (χ1n) is 7.08. The van der Waals surface area contributed by atoms with Crippen LogP contribution < -0.4 is 15.6 Å². The molecule has 0 heterocycles. The first-order valence-corrected chi connectivity index (χ1v) is 7.08. The van der Waals surface area contributed by atoms with Crippen molar-refractivity contribution in [3.63, 3.8) is 0 Å². The van der Waals surface area contributed by atoms with Gasteiger partial charge in [-0.05, 0) is 42.3 Å². The highest BCUT2D eigenvalue weighted by atomic mass is 16.5. The molecular formula is C18H18N2O3. The van der Waals surface area contributed by atoms with Gasteiger partial charge in [0.15, 0.2) is 0 Å². The summed E-state index contributed by atoms with van der Waals surface area (Å²) in [7, 11) is 1.59. The zero-order valence-electron chi connectivity index (χ0n) is 13.0. The Kier molecular flexibility index (Phi) is 5.52.